The molecule has 40 heavy (non-hydrogen) atoms. The van der Waals surface area contributed by atoms with Gasteiger partial charge in [0.1, 0.15) is 17.5 Å². The lowest BCUT2D eigenvalue weighted by atomic mass is 10.0. The van der Waals surface area contributed by atoms with Gasteiger partial charge in [0, 0.05) is 36.8 Å². The van der Waals surface area contributed by atoms with Crippen LogP contribution in [0.1, 0.15) is 36.4 Å². The van der Waals surface area contributed by atoms with Gasteiger partial charge < -0.3 is 19.3 Å². The van der Waals surface area contributed by atoms with Crippen LogP contribution in [0, 0.1) is 19.8 Å². The van der Waals surface area contributed by atoms with Crippen molar-refractivity contribution in [1.29, 1.82) is 0 Å². The van der Waals surface area contributed by atoms with Gasteiger partial charge >= 0.3 is 0 Å². The van der Waals surface area contributed by atoms with Crippen LogP contribution in [0.15, 0.2) is 57.9 Å². The fraction of sp³-hybridized carbons (Fsp3) is 0.448. The van der Waals surface area contributed by atoms with Crippen LogP contribution < -0.4 is 9.46 Å². The van der Waals surface area contributed by atoms with Crippen molar-refractivity contribution >= 4 is 21.6 Å². The third-order valence-corrected chi connectivity index (χ3v) is 8.82. The topological polar surface area (TPSA) is 125 Å². The van der Waals surface area contributed by atoms with E-state index in [2.05, 4.69) is 26.9 Å². The molecule has 2 aromatic carbocycles. The Morgan fingerprint density at radius 3 is 2.58 bits per heavy atom. The number of likely N-dealkylation sites (N-methyl/N-ethyl adjacent to an activating group) is 1. The summed E-state index contributed by atoms with van der Waals surface area (Å²) in [6, 6.07) is 14.7. The number of anilines is 1. The number of amides is 1. The maximum Gasteiger partial charge on any atom is 0.267 e. The van der Waals surface area contributed by atoms with Crippen LogP contribution in [-0.2, 0) is 27.8 Å². The number of aromatic nitrogens is 1. The van der Waals surface area contributed by atoms with E-state index in [1.807, 2.05) is 39.1 Å². The molecule has 1 amide bonds. The predicted molar refractivity (Wildman–Crippen MR) is 152 cm³/mol. The van der Waals surface area contributed by atoms with Crippen LogP contribution in [0.25, 0.3) is 0 Å². The molecule has 3 atom stereocenters. The fourth-order valence-corrected chi connectivity index (χ4v) is 6.42. The van der Waals surface area contributed by atoms with Crippen LogP contribution in [0.3, 0.4) is 0 Å². The molecule has 216 valence electrons. The molecule has 0 saturated carbocycles. The molecule has 0 bridgehead atoms. The maximum absolute atomic E-state index is 13.5. The second-order valence-electron chi connectivity index (χ2n) is 10.7. The van der Waals surface area contributed by atoms with E-state index in [1.165, 1.54) is 12.5 Å². The Kier molecular flexibility index (Phi) is 9.17. The number of fused-ring (bicyclic) bond motifs is 1. The minimum Gasteiger partial charge on any atom is -0.488 e. The molecule has 0 unspecified atom stereocenters. The molecule has 4 rings (SSSR count). The number of carbonyl (C=O) groups excluding carboxylic acids is 1. The van der Waals surface area contributed by atoms with E-state index in [-0.39, 0.29) is 53.3 Å². The number of carbonyl (C=O) groups is 1. The number of aliphatic hydroxyl groups is 1. The molecule has 0 spiro atoms. The van der Waals surface area contributed by atoms with E-state index in [0.717, 1.165) is 6.54 Å². The Bertz CT molecular complexity index is 1410. The third kappa shape index (κ3) is 6.83. The van der Waals surface area contributed by atoms with Gasteiger partial charge in [0.25, 0.3) is 10.0 Å². The summed E-state index contributed by atoms with van der Waals surface area (Å²) in [5.74, 6) is 0.510. The van der Waals surface area contributed by atoms with Gasteiger partial charge in [-0.3, -0.25) is 14.4 Å². The summed E-state index contributed by atoms with van der Waals surface area (Å²) < 4.78 is 40.4. The SMILES string of the molecule is Cc1noc(C)c1S(=O)(=O)Nc1ccc2c(c1)CC(=O)N([C@@H](C)CO)C[C@H](C)[C@@H](CN(C)Cc1ccccc1)O2. The predicted octanol–water partition coefficient (Wildman–Crippen LogP) is 3.37. The fourth-order valence-electron chi connectivity index (χ4n) is 5.04. The summed E-state index contributed by atoms with van der Waals surface area (Å²) in [6.45, 7) is 8.56. The number of ether oxygens (including phenoxy) is 1. The van der Waals surface area contributed by atoms with Crippen molar-refractivity contribution in [3.8, 4) is 5.75 Å². The van der Waals surface area contributed by atoms with Gasteiger partial charge in [0.05, 0.1) is 19.1 Å². The van der Waals surface area contributed by atoms with Crippen molar-refractivity contribution in [3.05, 3.63) is 71.1 Å². The third-order valence-electron chi connectivity index (χ3n) is 7.19. The monoisotopic (exact) mass is 570 g/mol. The number of hydrogen-bond donors (Lipinski definition) is 2. The number of nitrogens with zero attached hydrogens (tertiary/aromatic N) is 3. The molecule has 11 heteroatoms. The molecule has 2 heterocycles. The lowest BCUT2D eigenvalue weighted by molar-refractivity contribution is -0.134. The molecule has 3 aromatic rings. The van der Waals surface area contributed by atoms with E-state index < -0.39 is 10.0 Å². The number of nitrogens with one attached hydrogen (secondary N) is 1. The first-order valence-corrected chi connectivity index (χ1v) is 14.8. The molecule has 1 aliphatic rings. The van der Waals surface area contributed by atoms with Crippen molar-refractivity contribution in [1.82, 2.24) is 15.0 Å². The van der Waals surface area contributed by atoms with Gasteiger partial charge in [-0.1, -0.05) is 42.4 Å². The van der Waals surface area contributed by atoms with E-state index in [4.69, 9.17) is 9.26 Å². The molecule has 0 fully saturated rings. The summed E-state index contributed by atoms with van der Waals surface area (Å²) in [5.41, 5.74) is 2.30. The molecule has 0 saturated heterocycles. The first kappa shape index (κ1) is 29.6. The largest absolute Gasteiger partial charge is 0.488 e. The zero-order chi connectivity index (χ0) is 29.0. The number of benzene rings is 2. The zero-order valence-electron chi connectivity index (χ0n) is 23.6. The van der Waals surface area contributed by atoms with Gasteiger partial charge in [-0.25, -0.2) is 8.42 Å². The summed E-state index contributed by atoms with van der Waals surface area (Å²) in [4.78, 5) is 17.3. The minimum absolute atomic E-state index is 0.000142. The zero-order valence-corrected chi connectivity index (χ0v) is 24.4. The second-order valence-corrected chi connectivity index (χ2v) is 12.3. The molecule has 2 N–H and O–H groups in total. The van der Waals surface area contributed by atoms with Crippen LogP contribution in [0.4, 0.5) is 5.69 Å². The van der Waals surface area contributed by atoms with Crippen molar-refractivity contribution in [2.75, 3.05) is 31.5 Å². The van der Waals surface area contributed by atoms with Gasteiger partial charge in [0.15, 0.2) is 10.7 Å². The first-order chi connectivity index (χ1) is 19.0. The van der Waals surface area contributed by atoms with Crippen LogP contribution in [0.2, 0.25) is 0 Å². The molecular formula is C29H38N4O6S. The summed E-state index contributed by atoms with van der Waals surface area (Å²) >= 11 is 0. The lowest BCUT2D eigenvalue weighted by Crippen LogP contribution is -2.47. The van der Waals surface area contributed by atoms with E-state index in [0.29, 0.717) is 30.1 Å². The standard InChI is InChI=1S/C29H38N4O6S/c1-19-15-33(20(2)18-34)28(35)14-24-13-25(31-40(36,37)29-21(3)30-39-22(29)4)11-12-26(24)38-27(19)17-32(5)16-23-9-7-6-8-10-23/h6-13,19-20,27,31,34H,14-18H2,1-5H3/t19-,20-,27+/m0/s1. The molecule has 10 nitrogen and oxygen atoms in total. The van der Waals surface area contributed by atoms with Crippen LogP contribution >= 0.6 is 0 Å². The van der Waals surface area contributed by atoms with Crippen LogP contribution in [0.5, 0.6) is 5.75 Å². The molecule has 0 radical (unpaired) electrons. The summed E-state index contributed by atoms with van der Waals surface area (Å²) in [5, 5.41) is 13.6. The van der Waals surface area contributed by atoms with Crippen LogP contribution in [-0.4, -0.2) is 73.3 Å². The highest BCUT2D eigenvalue weighted by Crippen LogP contribution is 2.31. The number of rotatable bonds is 9. The maximum atomic E-state index is 13.5. The van der Waals surface area contributed by atoms with Crippen molar-refractivity contribution in [3.63, 3.8) is 0 Å². The highest BCUT2D eigenvalue weighted by Gasteiger charge is 2.31. The number of sulfonamides is 1. The smallest absolute Gasteiger partial charge is 0.267 e. The van der Waals surface area contributed by atoms with E-state index in [1.54, 1.807) is 30.0 Å². The Labute approximate surface area is 236 Å². The van der Waals surface area contributed by atoms with Gasteiger partial charge in [-0.15, -0.1) is 0 Å². The number of hydrogen-bond acceptors (Lipinski definition) is 8. The Morgan fingerprint density at radius 1 is 1.20 bits per heavy atom. The highest BCUT2D eigenvalue weighted by molar-refractivity contribution is 7.92. The van der Waals surface area contributed by atoms with Gasteiger partial charge in [-0.2, -0.15) is 0 Å². The quantitative estimate of drug-likeness (QED) is 0.401. The Hall–Kier alpha value is -3.41. The first-order valence-electron chi connectivity index (χ1n) is 13.4. The average Bonchev–Trinajstić information content (AvgIpc) is 3.27. The minimum atomic E-state index is -3.97. The van der Waals surface area contributed by atoms with Gasteiger partial charge in [0.2, 0.25) is 5.91 Å². The van der Waals surface area contributed by atoms with E-state index in [9.17, 15) is 18.3 Å². The molecule has 1 aromatic heterocycles. The molecule has 1 aliphatic heterocycles. The number of aryl methyl sites for hydroxylation is 2. The summed E-state index contributed by atoms with van der Waals surface area (Å²) in [7, 11) is -1.94. The second kappa shape index (κ2) is 12.4. The van der Waals surface area contributed by atoms with Crippen molar-refractivity contribution < 1.29 is 27.6 Å². The van der Waals surface area contributed by atoms with Crippen molar-refractivity contribution in [2.45, 2.75) is 57.7 Å². The highest BCUT2D eigenvalue weighted by atomic mass is 32.2. The normalized spacial score (nSPS) is 18.9. The molecule has 0 aliphatic carbocycles. The lowest BCUT2D eigenvalue weighted by Gasteiger charge is -2.34. The Balaban J connectivity index is 1.65. The van der Waals surface area contributed by atoms with E-state index >= 15 is 0 Å². The van der Waals surface area contributed by atoms with Gasteiger partial charge in [-0.05, 0) is 51.6 Å². The molecular weight excluding hydrogens is 532 g/mol. The average molecular weight is 571 g/mol. The Morgan fingerprint density at radius 2 is 1.93 bits per heavy atom. The van der Waals surface area contributed by atoms with Crippen molar-refractivity contribution in [2.24, 2.45) is 5.92 Å². The number of aliphatic hydroxyl groups excluding tert-OH is 1. The summed E-state index contributed by atoms with van der Waals surface area (Å²) in [6.07, 6.45) is -0.267.